The van der Waals surface area contributed by atoms with Crippen LogP contribution < -0.4 is 0 Å². The molecule has 2 fully saturated rings. The van der Waals surface area contributed by atoms with Crippen molar-refractivity contribution in [1.82, 2.24) is 14.8 Å². The van der Waals surface area contributed by atoms with Gasteiger partial charge in [-0.25, -0.2) is 4.79 Å². The number of rotatable bonds is 3. The van der Waals surface area contributed by atoms with Gasteiger partial charge in [0.1, 0.15) is 0 Å². The Balaban J connectivity index is 0.000000383. The lowest BCUT2D eigenvalue weighted by atomic mass is 9.79. The van der Waals surface area contributed by atoms with E-state index < -0.39 is 12.1 Å². The minimum Gasteiger partial charge on any atom is -0.475 e. The summed E-state index contributed by atoms with van der Waals surface area (Å²) in [5.74, 6) is -2.07. The Morgan fingerprint density at radius 2 is 1.79 bits per heavy atom. The van der Waals surface area contributed by atoms with Crippen LogP contribution in [0, 0.1) is 11.3 Å². The van der Waals surface area contributed by atoms with Crippen molar-refractivity contribution < 1.29 is 32.7 Å². The number of likely N-dealkylation sites (tertiary alicyclic amines) is 2. The number of hydrogen-bond donors (Lipinski definition) is 1. The minimum atomic E-state index is -5.08. The summed E-state index contributed by atoms with van der Waals surface area (Å²) in [7, 11) is 0. The summed E-state index contributed by atoms with van der Waals surface area (Å²) in [4.78, 5) is 42.9. The molecule has 3 aliphatic rings. The van der Waals surface area contributed by atoms with Crippen LogP contribution in [0.2, 0.25) is 0 Å². The Morgan fingerprint density at radius 3 is 2.39 bits per heavy atom. The van der Waals surface area contributed by atoms with Gasteiger partial charge in [-0.05, 0) is 50.2 Å². The summed E-state index contributed by atoms with van der Waals surface area (Å²) in [6, 6.07) is 3.94. The van der Waals surface area contributed by atoms with Crippen LogP contribution in [0.15, 0.2) is 36.7 Å². The molecular formula is C23H28F3N3O4. The average Bonchev–Trinajstić information content (AvgIpc) is 3.35. The second-order valence-electron chi connectivity index (χ2n) is 8.74. The number of alkyl halides is 3. The maximum absolute atomic E-state index is 13.2. The summed E-state index contributed by atoms with van der Waals surface area (Å²) in [6.45, 7) is 2.98. The van der Waals surface area contributed by atoms with Crippen molar-refractivity contribution in [2.45, 2.75) is 51.2 Å². The fourth-order valence-corrected chi connectivity index (χ4v) is 4.71. The maximum atomic E-state index is 13.2. The molecule has 1 spiro atoms. The molecule has 10 heteroatoms. The molecule has 2 amide bonds. The zero-order valence-corrected chi connectivity index (χ0v) is 18.3. The van der Waals surface area contributed by atoms with E-state index in [4.69, 9.17) is 9.90 Å². The molecular weight excluding hydrogens is 439 g/mol. The third-order valence-corrected chi connectivity index (χ3v) is 6.55. The normalized spacial score (nSPS) is 23.4. The Morgan fingerprint density at radius 1 is 1.12 bits per heavy atom. The van der Waals surface area contributed by atoms with Gasteiger partial charge < -0.3 is 14.9 Å². The zero-order valence-electron chi connectivity index (χ0n) is 18.3. The molecule has 0 saturated carbocycles. The number of pyridine rings is 1. The number of carboxylic acids is 1. The number of allylic oxidation sites excluding steroid dienone is 2. The first-order valence-electron chi connectivity index (χ1n) is 11.0. The van der Waals surface area contributed by atoms with Crippen LogP contribution >= 0.6 is 0 Å². The molecule has 4 rings (SSSR count). The van der Waals surface area contributed by atoms with E-state index in [-0.39, 0.29) is 23.1 Å². The minimum absolute atomic E-state index is 0.130. The molecule has 1 unspecified atom stereocenters. The number of nitrogens with zero attached hydrogens (tertiary/aromatic N) is 3. The van der Waals surface area contributed by atoms with Crippen molar-refractivity contribution >= 4 is 17.8 Å². The van der Waals surface area contributed by atoms with Crippen LogP contribution in [0.4, 0.5) is 13.2 Å². The number of aliphatic carboxylic acids is 1. The first kappa shape index (κ1) is 24.7. The third-order valence-electron chi connectivity index (χ3n) is 6.55. The summed E-state index contributed by atoms with van der Waals surface area (Å²) < 4.78 is 31.7. The van der Waals surface area contributed by atoms with Crippen LogP contribution in [0.3, 0.4) is 0 Å². The monoisotopic (exact) mass is 467 g/mol. The van der Waals surface area contributed by atoms with E-state index in [0.29, 0.717) is 6.54 Å². The standard InChI is InChI=1S/C21H27N3O2.C2HF3O2/c25-19(18-6-1-2-7-18)23-12-4-8-21(9-13-23)10-14-24(20(21)26)16-17-5-3-11-22-15-17;3-2(4,5)1(6)7/h1-3,5,11,15,18H,4,6-10,12-14,16H2;(H,6,7). The summed E-state index contributed by atoms with van der Waals surface area (Å²) >= 11 is 0. The number of amides is 2. The van der Waals surface area contributed by atoms with Gasteiger partial charge >= 0.3 is 12.1 Å². The van der Waals surface area contributed by atoms with Gasteiger partial charge in [0.15, 0.2) is 0 Å². The van der Waals surface area contributed by atoms with Crippen LogP contribution in [-0.4, -0.2) is 63.5 Å². The molecule has 1 aromatic rings. The van der Waals surface area contributed by atoms with Crippen LogP contribution in [0.1, 0.15) is 44.1 Å². The van der Waals surface area contributed by atoms with E-state index >= 15 is 0 Å². The van der Waals surface area contributed by atoms with E-state index in [2.05, 4.69) is 17.1 Å². The predicted octanol–water partition coefficient (Wildman–Crippen LogP) is 3.41. The fourth-order valence-electron chi connectivity index (χ4n) is 4.71. The molecule has 33 heavy (non-hydrogen) atoms. The lowest BCUT2D eigenvalue weighted by molar-refractivity contribution is -0.192. The summed E-state index contributed by atoms with van der Waals surface area (Å²) in [6.07, 6.45) is 8.03. The SMILES string of the molecule is O=C(C1CC=CC1)N1CCCC2(CC1)CCN(Cc1cccnc1)C2=O.O=C(O)C(F)(F)F. The molecule has 2 saturated heterocycles. The first-order chi connectivity index (χ1) is 15.6. The lowest BCUT2D eigenvalue weighted by Crippen LogP contribution is -2.38. The Bertz CT molecular complexity index is 883. The topological polar surface area (TPSA) is 90.8 Å². The van der Waals surface area contributed by atoms with Gasteiger partial charge in [-0.2, -0.15) is 13.2 Å². The predicted molar refractivity (Wildman–Crippen MR) is 113 cm³/mol. The van der Waals surface area contributed by atoms with Gasteiger partial charge in [0.2, 0.25) is 11.8 Å². The van der Waals surface area contributed by atoms with Crippen molar-refractivity contribution in [3.63, 3.8) is 0 Å². The number of carbonyl (C=O) groups is 3. The number of carboxylic acid groups (broad SMARTS) is 1. The summed E-state index contributed by atoms with van der Waals surface area (Å²) in [5, 5.41) is 7.12. The van der Waals surface area contributed by atoms with Gasteiger partial charge in [-0.3, -0.25) is 14.6 Å². The van der Waals surface area contributed by atoms with Gasteiger partial charge in [0.05, 0.1) is 5.41 Å². The van der Waals surface area contributed by atoms with Gasteiger partial charge in [0, 0.05) is 44.5 Å². The smallest absolute Gasteiger partial charge is 0.475 e. The number of carbonyl (C=O) groups excluding carboxylic acids is 2. The first-order valence-corrected chi connectivity index (χ1v) is 11.0. The van der Waals surface area contributed by atoms with Crippen LogP contribution in [0.25, 0.3) is 0 Å². The van der Waals surface area contributed by atoms with Gasteiger partial charge in [-0.1, -0.05) is 18.2 Å². The van der Waals surface area contributed by atoms with E-state index in [1.165, 1.54) is 0 Å². The van der Waals surface area contributed by atoms with E-state index in [1.807, 2.05) is 28.1 Å². The quantitative estimate of drug-likeness (QED) is 0.688. The van der Waals surface area contributed by atoms with Crippen molar-refractivity contribution in [1.29, 1.82) is 0 Å². The number of aromatic nitrogens is 1. The highest BCUT2D eigenvalue weighted by atomic mass is 19.4. The third kappa shape index (κ3) is 6.11. The molecule has 7 nitrogen and oxygen atoms in total. The van der Waals surface area contributed by atoms with Gasteiger partial charge in [0.25, 0.3) is 0 Å². The van der Waals surface area contributed by atoms with Crippen molar-refractivity contribution in [3.8, 4) is 0 Å². The Kier molecular flexibility index (Phi) is 7.76. The molecule has 1 N–H and O–H groups in total. The molecule has 2 aliphatic heterocycles. The molecule has 180 valence electrons. The lowest BCUT2D eigenvalue weighted by Gasteiger charge is -2.27. The zero-order chi connectivity index (χ0) is 24.1. The van der Waals surface area contributed by atoms with Crippen molar-refractivity contribution in [2.75, 3.05) is 19.6 Å². The van der Waals surface area contributed by atoms with Crippen LogP contribution in [0.5, 0.6) is 0 Å². The highest BCUT2D eigenvalue weighted by Gasteiger charge is 2.47. The van der Waals surface area contributed by atoms with Crippen molar-refractivity contribution in [3.05, 3.63) is 42.2 Å². The largest absolute Gasteiger partial charge is 0.490 e. The van der Waals surface area contributed by atoms with Crippen molar-refractivity contribution in [2.24, 2.45) is 11.3 Å². The molecule has 1 aromatic heterocycles. The molecule has 3 heterocycles. The number of hydrogen-bond acceptors (Lipinski definition) is 4. The highest BCUT2D eigenvalue weighted by molar-refractivity contribution is 5.85. The van der Waals surface area contributed by atoms with Gasteiger partial charge in [-0.15, -0.1) is 0 Å². The maximum Gasteiger partial charge on any atom is 0.490 e. The highest BCUT2D eigenvalue weighted by Crippen LogP contribution is 2.42. The van der Waals surface area contributed by atoms with E-state index in [9.17, 15) is 22.8 Å². The fraction of sp³-hybridized carbons (Fsp3) is 0.565. The molecule has 1 atom stereocenters. The second-order valence-corrected chi connectivity index (χ2v) is 8.74. The Labute approximate surface area is 190 Å². The Hall–Kier alpha value is -2.91. The molecule has 1 aliphatic carbocycles. The van der Waals surface area contributed by atoms with E-state index in [0.717, 1.165) is 63.7 Å². The average molecular weight is 467 g/mol. The molecule has 0 bridgehead atoms. The van der Waals surface area contributed by atoms with E-state index in [1.54, 1.807) is 6.20 Å². The van der Waals surface area contributed by atoms with Crippen LogP contribution in [-0.2, 0) is 20.9 Å². The summed E-state index contributed by atoms with van der Waals surface area (Å²) in [5.41, 5.74) is 0.822. The molecule has 0 radical (unpaired) electrons. The number of halogens is 3. The second kappa shape index (κ2) is 10.4. The molecule has 0 aromatic carbocycles.